The van der Waals surface area contributed by atoms with Gasteiger partial charge in [-0.25, -0.2) is 0 Å². The molecule has 0 bridgehead atoms. The lowest BCUT2D eigenvalue weighted by Gasteiger charge is -2.22. The first-order chi connectivity index (χ1) is 26.2. The van der Waals surface area contributed by atoms with E-state index in [9.17, 15) is 15.0 Å². The highest BCUT2D eigenvalue weighted by Crippen LogP contribution is 2.18. The molecule has 1 amide bonds. The Balaban J connectivity index is 3.38. The number of hydrogen-bond acceptors (Lipinski definition) is 3. The molecule has 0 aromatic heterocycles. The number of amides is 1. The van der Waals surface area contributed by atoms with Gasteiger partial charge in [-0.1, -0.05) is 271 Å². The molecular weight excluding hydrogens is 651 g/mol. The van der Waals surface area contributed by atoms with Gasteiger partial charge in [0.2, 0.25) is 5.91 Å². The first-order valence-corrected chi connectivity index (χ1v) is 24.7. The molecule has 0 aromatic rings. The molecule has 0 aliphatic rings. The van der Waals surface area contributed by atoms with Crippen LogP contribution in [0.15, 0.2) is 0 Å². The molecule has 0 unspecified atom stereocenters. The van der Waals surface area contributed by atoms with Crippen molar-refractivity contribution in [3.8, 4) is 0 Å². The van der Waals surface area contributed by atoms with E-state index in [1.165, 1.54) is 238 Å². The van der Waals surface area contributed by atoms with Gasteiger partial charge >= 0.3 is 0 Å². The highest BCUT2D eigenvalue weighted by atomic mass is 16.3. The van der Waals surface area contributed by atoms with E-state index in [0.29, 0.717) is 12.8 Å². The minimum atomic E-state index is -0.652. The van der Waals surface area contributed by atoms with E-state index in [0.717, 1.165) is 25.7 Å². The summed E-state index contributed by atoms with van der Waals surface area (Å²) in [5.41, 5.74) is 0. The van der Waals surface area contributed by atoms with Gasteiger partial charge in [0.25, 0.3) is 0 Å². The van der Waals surface area contributed by atoms with Gasteiger partial charge in [0.15, 0.2) is 0 Å². The number of carbonyl (C=O) groups is 1. The van der Waals surface area contributed by atoms with Crippen molar-refractivity contribution >= 4 is 5.91 Å². The molecule has 0 spiro atoms. The van der Waals surface area contributed by atoms with Crippen LogP contribution in [-0.4, -0.2) is 34.9 Å². The second-order valence-electron chi connectivity index (χ2n) is 17.3. The number of unbranched alkanes of at least 4 members (excludes halogenated alkanes) is 39. The predicted molar refractivity (Wildman–Crippen MR) is 235 cm³/mol. The fourth-order valence-electron chi connectivity index (χ4n) is 8.07. The van der Waals surface area contributed by atoms with E-state index in [2.05, 4.69) is 19.2 Å². The Morgan fingerprint density at radius 1 is 0.377 bits per heavy atom. The smallest absolute Gasteiger partial charge is 0.220 e. The highest BCUT2D eigenvalue weighted by Gasteiger charge is 2.20. The van der Waals surface area contributed by atoms with E-state index in [1.807, 2.05) is 0 Å². The van der Waals surface area contributed by atoms with Crippen LogP contribution in [0.5, 0.6) is 0 Å². The lowest BCUT2D eigenvalue weighted by molar-refractivity contribution is -0.123. The third kappa shape index (κ3) is 42.4. The quantitative estimate of drug-likeness (QED) is 0.0543. The first kappa shape index (κ1) is 52.4. The number of rotatable bonds is 46. The molecule has 0 rings (SSSR count). The summed E-state index contributed by atoms with van der Waals surface area (Å²) >= 11 is 0. The average molecular weight is 750 g/mol. The van der Waals surface area contributed by atoms with Crippen molar-refractivity contribution in [3.63, 3.8) is 0 Å². The average Bonchev–Trinajstić information content (AvgIpc) is 3.16. The number of hydrogen-bond donors (Lipinski definition) is 3. The number of aliphatic hydroxyl groups is 2. The van der Waals surface area contributed by atoms with Gasteiger partial charge in [-0.2, -0.15) is 0 Å². The van der Waals surface area contributed by atoms with Crippen LogP contribution >= 0.6 is 0 Å². The van der Waals surface area contributed by atoms with Crippen molar-refractivity contribution in [1.82, 2.24) is 5.32 Å². The third-order valence-corrected chi connectivity index (χ3v) is 11.9. The van der Waals surface area contributed by atoms with E-state index >= 15 is 0 Å². The van der Waals surface area contributed by atoms with Gasteiger partial charge in [0.1, 0.15) is 0 Å². The standard InChI is InChI=1S/C49H99NO3/c1-3-5-7-9-11-13-15-17-18-19-20-21-22-23-24-25-26-27-28-29-30-31-33-35-37-39-41-43-45-49(53)50-47(46-51)48(52)44-42-40-38-36-34-32-16-14-12-10-8-6-4-2/h47-48,51-52H,3-46H2,1-2H3,(H,50,53)/t47-,48+/m0/s1. The molecule has 0 saturated heterocycles. The van der Waals surface area contributed by atoms with Crippen LogP contribution in [0.25, 0.3) is 0 Å². The zero-order chi connectivity index (χ0) is 38.6. The van der Waals surface area contributed by atoms with Crippen LogP contribution in [0.4, 0.5) is 0 Å². The second-order valence-corrected chi connectivity index (χ2v) is 17.3. The van der Waals surface area contributed by atoms with Gasteiger partial charge in [-0.05, 0) is 12.8 Å². The van der Waals surface area contributed by atoms with E-state index in [1.54, 1.807) is 0 Å². The minimum Gasteiger partial charge on any atom is -0.394 e. The third-order valence-electron chi connectivity index (χ3n) is 11.9. The maximum absolute atomic E-state index is 12.4. The van der Waals surface area contributed by atoms with E-state index in [-0.39, 0.29) is 12.5 Å². The molecule has 0 aliphatic heterocycles. The lowest BCUT2D eigenvalue weighted by Crippen LogP contribution is -2.45. The Bertz CT molecular complexity index is 685. The summed E-state index contributed by atoms with van der Waals surface area (Å²) < 4.78 is 0. The highest BCUT2D eigenvalue weighted by molar-refractivity contribution is 5.76. The van der Waals surface area contributed by atoms with Crippen molar-refractivity contribution in [2.75, 3.05) is 6.61 Å². The molecule has 3 N–H and O–H groups in total. The van der Waals surface area contributed by atoms with Gasteiger partial charge in [-0.15, -0.1) is 0 Å². The van der Waals surface area contributed by atoms with Gasteiger partial charge in [0, 0.05) is 6.42 Å². The van der Waals surface area contributed by atoms with Crippen molar-refractivity contribution in [1.29, 1.82) is 0 Å². The molecule has 0 saturated carbocycles. The molecule has 4 nitrogen and oxygen atoms in total. The van der Waals surface area contributed by atoms with Crippen LogP contribution in [0.3, 0.4) is 0 Å². The van der Waals surface area contributed by atoms with Crippen molar-refractivity contribution < 1.29 is 15.0 Å². The predicted octanol–water partition coefficient (Wildman–Crippen LogP) is 15.6. The lowest BCUT2D eigenvalue weighted by atomic mass is 10.0. The summed E-state index contributed by atoms with van der Waals surface area (Å²) in [4.78, 5) is 12.4. The maximum Gasteiger partial charge on any atom is 0.220 e. The maximum atomic E-state index is 12.4. The number of aliphatic hydroxyl groups excluding tert-OH is 2. The summed E-state index contributed by atoms with van der Waals surface area (Å²) in [5, 5.41) is 23.2. The molecule has 0 fully saturated rings. The molecule has 0 aliphatic carbocycles. The second kappa shape index (κ2) is 45.8. The van der Waals surface area contributed by atoms with Crippen molar-refractivity contribution in [3.05, 3.63) is 0 Å². The van der Waals surface area contributed by atoms with Crippen LogP contribution in [0.2, 0.25) is 0 Å². The van der Waals surface area contributed by atoms with Crippen LogP contribution in [0, 0.1) is 0 Å². The van der Waals surface area contributed by atoms with Gasteiger partial charge < -0.3 is 15.5 Å². The van der Waals surface area contributed by atoms with Crippen LogP contribution < -0.4 is 5.32 Å². The summed E-state index contributed by atoms with van der Waals surface area (Å²) in [6.45, 7) is 4.38. The molecule has 0 heterocycles. The number of carbonyl (C=O) groups excluding carboxylic acids is 1. The molecule has 0 aromatic carbocycles. The monoisotopic (exact) mass is 750 g/mol. The Hall–Kier alpha value is -0.610. The molecule has 4 heteroatoms. The summed E-state index contributed by atoms with van der Waals surface area (Å²) in [5.74, 6) is -0.0247. The molecule has 0 radical (unpaired) electrons. The van der Waals surface area contributed by atoms with E-state index in [4.69, 9.17) is 0 Å². The Morgan fingerprint density at radius 3 is 0.849 bits per heavy atom. The SMILES string of the molecule is CCCCCCCCCCCCCCCCCCCCCCCCCCCCCCC(=O)N[C@@H](CO)[C@H](O)CCCCCCCCCCCCCCC. The molecular formula is C49H99NO3. The van der Waals surface area contributed by atoms with Gasteiger partial charge in [-0.3, -0.25) is 4.79 Å². The van der Waals surface area contributed by atoms with Crippen molar-refractivity contribution in [2.45, 2.75) is 302 Å². The van der Waals surface area contributed by atoms with Crippen LogP contribution in [0.1, 0.15) is 290 Å². The van der Waals surface area contributed by atoms with Crippen LogP contribution in [-0.2, 0) is 4.79 Å². The normalized spacial score (nSPS) is 12.8. The van der Waals surface area contributed by atoms with E-state index < -0.39 is 12.1 Å². The largest absolute Gasteiger partial charge is 0.394 e. The Morgan fingerprint density at radius 2 is 0.604 bits per heavy atom. The molecule has 2 atom stereocenters. The minimum absolute atomic E-state index is 0.0247. The fourth-order valence-corrected chi connectivity index (χ4v) is 8.07. The molecule has 53 heavy (non-hydrogen) atoms. The topological polar surface area (TPSA) is 69.6 Å². The summed E-state index contributed by atoms with van der Waals surface area (Å²) in [6.07, 6.45) is 56.4. The zero-order valence-electron chi connectivity index (χ0n) is 36.6. The summed E-state index contributed by atoms with van der Waals surface area (Å²) in [6, 6.07) is -0.529. The molecule has 318 valence electrons. The van der Waals surface area contributed by atoms with Crippen molar-refractivity contribution in [2.24, 2.45) is 0 Å². The first-order valence-electron chi connectivity index (χ1n) is 24.7. The fraction of sp³-hybridized carbons (Fsp3) is 0.980. The summed E-state index contributed by atoms with van der Waals surface area (Å²) in [7, 11) is 0. The Labute approximate surface area is 334 Å². The van der Waals surface area contributed by atoms with Gasteiger partial charge in [0.05, 0.1) is 18.8 Å². The zero-order valence-corrected chi connectivity index (χ0v) is 36.6. The number of nitrogens with one attached hydrogen (secondary N) is 1. The Kier molecular flexibility index (Phi) is 45.3.